The molecule has 1 saturated carbocycles. The Morgan fingerprint density at radius 3 is 2.65 bits per heavy atom. The van der Waals surface area contributed by atoms with Crippen molar-refractivity contribution in [2.24, 2.45) is 0 Å². The highest BCUT2D eigenvalue weighted by molar-refractivity contribution is 7.11. The van der Waals surface area contributed by atoms with Gasteiger partial charge in [0.15, 0.2) is 0 Å². The molecule has 0 aliphatic heterocycles. The van der Waals surface area contributed by atoms with E-state index in [-0.39, 0.29) is 18.7 Å². The molecule has 1 heterocycles. The van der Waals surface area contributed by atoms with E-state index in [0.29, 0.717) is 11.0 Å². The summed E-state index contributed by atoms with van der Waals surface area (Å²) in [6.07, 6.45) is 5.99. The van der Waals surface area contributed by atoms with Gasteiger partial charge in [0.25, 0.3) is 0 Å². The maximum absolute atomic E-state index is 12.0. The first-order valence-corrected chi connectivity index (χ1v) is 7.82. The molecule has 0 saturated heterocycles. The molecule has 1 aliphatic carbocycles. The summed E-state index contributed by atoms with van der Waals surface area (Å²) in [5, 5.41) is 12.5. The van der Waals surface area contributed by atoms with Crippen molar-refractivity contribution in [1.82, 2.24) is 10.3 Å². The highest BCUT2D eigenvalue weighted by Gasteiger charge is 2.18. The minimum absolute atomic E-state index is 0.00692. The van der Waals surface area contributed by atoms with Gasteiger partial charge in [-0.2, -0.15) is 0 Å². The number of hydrogen-bond acceptors (Lipinski definition) is 4. The second kappa shape index (κ2) is 6.83. The zero-order valence-electron chi connectivity index (χ0n) is 11.6. The highest BCUT2D eigenvalue weighted by atomic mass is 32.1. The zero-order chi connectivity index (χ0) is 14.5. The number of hydrogen-bond donors (Lipinski definition) is 2. The van der Waals surface area contributed by atoms with Crippen LogP contribution in [0.4, 0.5) is 0 Å². The molecule has 0 unspecified atom stereocenters. The van der Waals surface area contributed by atoms with Crippen molar-refractivity contribution in [3.8, 4) is 0 Å². The molecule has 110 valence electrons. The van der Waals surface area contributed by atoms with E-state index in [2.05, 4.69) is 10.3 Å². The number of aryl methyl sites for hydroxylation is 1. The van der Waals surface area contributed by atoms with Gasteiger partial charge in [-0.25, -0.2) is 4.98 Å². The van der Waals surface area contributed by atoms with Crippen molar-refractivity contribution in [3.63, 3.8) is 0 Å². The standard InChI is InChI=1S/C14H20N2O3S/c1-9-11(7-14(18)19)20-13(15-9)8-12(17)16-10-5-3-2-4-6-10/h10H,2-8H2,1H3,(H,16,17)(H,18,19). The van der Waals surface area contributed by atoms with E-state index in [9.17, 15) is 9.59 Å². The van der Waals surface area contributed by atoms with Gasteiger partial charge in [0.2, 0.25) is 5.91 Å². The average molecular weight is 296 g/mol. The van der Waals surface area contributed by atoms with Crippen LogP contribution in [0.2, 0.25) is 0 Å². The SMILES string of the molecule is Cc1nc(CC(=O)NC2CCCCC2)sc1CC(=O)O. The molecule has 1 fully saturated rings. The molecule has 0 atom stereocenters. The Bertz CT molecular complexity index is 493. The molecule has 0 radical (unpaired) electrons. The first-order valence-electron chi connectivity index (χ1n) is 7.01. The molecule has 5 nitrogen and oxygen atoms in total. The number of nitrogens with zero attached hydrogens (tertiary/aromatic N) is 1. The summed E-state index contributed by atoms with van der Waals surface area (Å²) >= 11 is 1.33. The van der Waals surface area contributed by atoms with Crippen LogP contribution in [-0.4, -0.2) is 28.0 Å². The summed E-state index contributed by atoms with van der Waals surface area (Å²) in [6, 6.07) is 0.302. The van der Waals surface area contributed by atoms with Gasteiger partial charge in [0.1, 0.15) is 5.01 Å². The maximum atomic E-state index is 12.0. The number of carbonyl (C=O) groups excluding carboxylic acids is 1. The Kier molecular flexibility index (Phi) is 5.11. The molecular weight excluding hydrogens is 276 g/mol. The quantitative estimate of drug-likeness (QED) is 0.872. The lowest BCUT2D eigenvalue weighted by atomic mass is 9.95. The third kappa shape index (κ3) is 4.30. The molecule has 1 aliphatic rings. The Hall–Kier alpha value is -1.43. The van der Waals surface area contributed by atoms with Crippen LogP contribution in [0.15, 0.2) is 0 Å². The lowest BCUT2D eigenvalue weighted by Gasteiger charge is -2.22. The molecule has 1 aromatic heterocycles. The topological polar surface area (TPSA) is 79.3 Å². The van der Waals surface area contributed by atoms with E-state index in [4.69, 9.17) is 5.11 Å². The number of carboxylic acids is 1. The lowest BCUT2D eigenvalue weighted by molar-refractivity contribution is -0.136. The largest absolute Gasteiger partial charge is 0.481 e. The van der Waals surface area contributed by atoms with Crippen LogP contribution in [0.3, 0.4) is 0 Å². The zero-order valence-corrected chi connectivity index (χ0v) is 12.5. The van der Waals surface area contributed by atoms with E-state index in [1.54, 1.807) is 6.92 Å². The van der Waals surface area contributed by atoms with Crippen LogP contribution in [0.5, 0.6) is 0 Å². The monoisotopic (exact) mass is 296 g/mol. The van der Waals surface area contributed by atoms with E-state index in [1.165, 1.54) is 30.6 Å². The second-order valence-electron chi connectivity index (χ2n) is 5.27. The Balaban J connectivity index is 1.88. The van der Waals surface area contributed by atoms with Crippen molar-refractivity contribution < 1.29 is 14.7 Å². The van der Waals surface area contributed by atoms with Gasteiger partial charge in [-0.05, 0) is 19.8 Å². The number of nitrogens with one attached hydrogen (secondary N) is 1. The van der Waals surface area contributed by atoms with Crippen molar-refractivity contribution in [1.29, 1.82) is 0 Å². The summed E-state index contributed by atoms with van der Waals surface area (Å²) in [6.45, 7) is 1.79. The fourth-order valence-corrected chi connectivity index (χ4v) is 3.59. The van der Waals surface area contributed by atoms with Gasteiger partial charge < -0.3 is 10.4 Å². The van der Waals surface area contributed by atoms with Crippen LogP contribution < -0.4 is 5.32 Å². The first kappa shape index (κ1) is 15.0. The maximum Gasteiger partial charge on any atom is 0.308 e. The number of thiazole rings is 1. The van der Waals surface area contributed by atoms with Crippen LogP contribution in [0.1, 0.15) is 47.7 Å². The van der Waals surface area contributed by atoms with Gasteiger partial charge in [0, 0.05) is 10.9 Å². The van der Waals surface area contributed by atoms with Gasteiger partial charge in [0.05, 0.1) is 18.5 Å². The summed E-state index contributed by atoms with van der Waals surface area (Å²) < 4.78 is 0. The predicted molar refractivity (Wildman–Crippen MR) is 76.9 cm³/mol. The molecule has 20 heavy (non-hydrogen) atoms. The first-order chi connectivity index (χ1) is 9.54. The predicted octanol–water partition coefficient (Wildman–Crippen LogP) is 2.07. The van der Waals surface area contributed by atoms with Gasteiger partial charge >= 0.3 is 5.97 Å². The minimum atomic E-state index is -0.866. The van der Waals surface area contributed by atoms with Crippen molar-refractivity contribution >= 4 is 23.2 Å². The second-order valence-corrected chi connectivity index (χ2v) is 6.43. The number of carbonyl (C=O) groups is 2. The number of aromatic nitrogens is 1. The van der Waals surface area contributed by atoms with Crippen molar-refractivity contribution in [2.45, 2.75) is 57.9 Å². The molecule has 0 bridgehead atoms. The van der Waals surface area contributed by atoms with Crippen LogP contribution in [0, 0.1) is 6.92 Å². The fourth-order valence-electron chi connectivity index (χ4n) is 2.53. The summed E-state index contributed by atoms with van der Waals surface area (Å²) in [5.74, 6) is -0.873. The minimum Gasteiger partial charge on any atom is -0.481 e. The van der Waals surface area contributed by atoms with Crippen LogP contribution in [-0.2, 0) is 22.4 Å². The van der Waals surface area contributed by atoms with Gasteiger partial charge in [-0.15, -0.1) is 11.3 Å². The third-order valence-electron chi connectivity index (χ3n) is 3.53. The smallest absolute Gasteiger partial charge is 0.308 e. The highest BCUT2D eigenvalue weighted by Crippen LogP contribution is 2.20. The normalized spacial score (nSPS) is 16.1. The summed E-state index contributed by atoms with van der Waals surface area (Å²) in [4.78, 5) is 27.7. The van der Waals surface area contributed by atoms with E-state index >= 15 is 0 Å². The Labute approximate surface area is 122 Å². The number of amides is 1. The molecule has 0 aromatic carbocycles. The molecule has 1 amide bonds. The molecular formula is C14H20N2O3S. The lowest BCUT2D eigenvalue weighted by Crippen LogP contribution is -2.37. The average Bonchev–Trinajstić information content (AvgIpc) is 2.69. The molecule has 0 spiro atoms. The van der Waals surface area contributed by atoms with Crippen molar-refractivity contribution in [3.05, 3.63) is 15.6 Å². The van der Waals surface area contributed by atoms with Crippen LogP contribution in [0.25, 0.3) is 0 Å². The number of aliphatic carboxylic acids is 1. The number of rotatable bonds is 5. The molecule has 2 rings (SSSR count). The molecule has 1 aromatic rings. The van der Waals surface area contributed by atoms with Crippen LogP contribution >= 0.6 is 11.3 Å². The van der Waals surface area contributed by atoms with Gasteiger partial charge in [-0.1, -0.05) is 19.3 Å². The number of carboxylic acid groups (broad SMARTS) is 1. The third-order valence-corrected chi connectivity index (χ3v) is 4.69. The van der Waals surface area contributed by atoms with Gasteiger partial charge in [-0.3, -0.25) is 9.59 Å². The Morgan fingerprint density at radius 1 is 1.30 bits per heavy atom. The summed E-state index contributed by atoms with van der Waals surface area (Å²) in [7, 11) is 0. The molecule has 2 N–H and O–H groups in total. The van der Waals surface area contributed by atoms with E-state index < -0.39 is 5.97 Å². The fraction of sp³-hybridized carbons (Fsp3) is 0.643. The van der Waals surface area contributed by atoms with E-state index in [0.717, 1.165) is 23.4 Å². The summed E-state index contributed by atoms with van der Waals surface area (Å²) in [5.41, 5.74) is 0.720. The molecule has 6 heteroatoms. The van der Waals surface area contributed by atoms with Crippen molar-refractivity contribution in [2.75, 3.05) is 0 Å². The Morgan fingerprint density at radius 2 is 2.00 bits per heavy atom. The van der Waals surface area contributed by atoms with E-state index in [1.807, 2.05) is 0 Å².